The molecule has 240 valence electrons. The van der Waals surface area contributed by atoms with Crippen LogP contribution in [0.3, 0.4) is 0 Å². The Balaban J connectivity index is 1.27. The molecule has 1 aliphatic rings. The number of benzene rings is 2. The second kappa shape index (κ2) is 12.6. The first-order valence-corrected chi connectivity index (χ1v) is 14.0. The van der Waals surface area contributed by atoms with Crippen LogP contribution >= 0.6 is 0 Å². The van der Waals surface area contributed by atoms with Crippen LogP contribution in [0, 0.1) is 0 Å². The summed E-state index contributed by atoms with van der Waals surface area (Å²) in [6.07, 6.45) is -1.08. The Labute approximate surface area is 259 Å². The summed E-state index contributed by atoms with van der Waals surface area (Å²) < 4.78 is 24.1. The fourth-order valence-electron chi connectivity index (χ4n) is 5.12. The molecule has 2 aromatic carbocycles. The molecule has 6 rings (SSSR count). The number of carbonyl (C=O) groups is 2. The van der Waals surface area contributed by atoms with Crippen LogP contribution in [0.25, 0.3) is 33.0 Å². The number of nitrogens with zero attached hydrogens (tertiary/aromatic N) is 1. The van der Waals surface area contributed by atoms with Crippen LogP contribution in [-0.2, 0) is 19.1 Å². The third-order valence-corrected chi connectivity index (χ3v) is 7.56. The number of aromatic hydroxyl groups is 1. The topological polar surface area (TPSA) is 215 Å². The standard InChI is InChI=1S/C31H29N3O12/c1-32-24(29(39)40)30(41)43-14-23-26(37)27(38)28(46-34-11-16-8-9-33-21(16)12-34)31(45-23)44-18-6-7-19-22(10-18)42-13-20(25(19)36)15-2-4-17(35)5-3-15/h2-13,23-24,26-28,31-33,35,37-38H,14H2,1H3,(H,39,40). The van der Waals surface area contributed by atoms with Crippen molar-refractivity contribution in [3.05, 3.63) is 83.6 Å². The number of aliphatic carboxylic acids is 1. The molecule has 6 unspecified atom stereocenters. The van der Waals surface area contributed by atoms with Gasteiger partial charge in [-0.25, -0.2) is 9.59 Å². The predicted octanol–water partition coefficient (Wildman–Crippen LogP) is 0.987. The number of carbonyl (C=O) groups excluding carboxylic acids is 1. The van der Waals surface area contributed by atoms with Crippen molar-refractivity contribution in [2.45, 2.75) is 36.7 Å². The summed E-state index contributed by atoms with van der Waals surface area (Å²) >= 11 is 0. The zero-order valence-corrected chi connectivity index (χ0v) is 24.1. The molecule has 15 heteroatoms. The molecule has 0 amide bonds. The minimum atomic E-state index is -1.66. The van der Waals surface area contributed by atoms with E-state index in [1.54, 1.807) is 30.7 Å². The van der Waals surface area contributed by atoms with E-state index >= 15 is 0 Å². The average molecular weight is 636 g/mol. The lowest BCUT2D eigenvalue weighted by molar-refractivity contribution is -0.288. The van der Waals surface area contributed by atoms with E-state index in [0.717, 1.165) is 10.9 Å². The zero-order chi connectivity index (χ0) is 32.5. The van der Waals surface area contributed by atoms with Crippen molar-refractivity contribution in [3.63, 3.8) is 0 Å². The highest BCUT2D eigenvalue weighted by Crippen LogP contribution is 2.29. The Morgan fingerprint density at radius 1 is 1.09 bits per heavy atom. The van der Waals surface area contributed by atoms with Crippen molar-refractivity contribution in [2.75, 3.05) is 13.7 Å². The molecule has 5 aromatic rings. The number of H-pyrrole nitrogens is 1. The summed E-state index contributed by atoms with van der Waals surface area (Å²) in [7, 11) is 1.27. The van der Waals surface area contributed by atoms with Gasteiger partial charge in [-0.05, 0) is 42.9 Å². The van der Waals surface area contributed by atoms with Crippen LogP contribution in [0.2, 0.25) is 0 Å². The van der Waals surface area contributed by atoms with Gasteiger partial charge in [-0.2, -0.15) is 4.73 Å². The van der Waals surface area contributed by atoms with Gasteiger partial charge in [0, 0.05) is 17.6 Å². The second-order valence-corrected chi connectivity index (χ2v) is 10.6. The number of esters is 1. The summed E-state index contributed by atoms with van der Waals surface area (Å²) in [6, 6.07) is 10.6. The SMILES string of the molecule is CNC(C(=O)O)C(=O)OCC1OC(Oc2ccc3c(=O)c(-c4ccc(O)cc4)coc3c2)C(On2cc3cc[nH]c3c2)C(O)C1O. The smallest absolute Gasteiger partial charge is 0.334 e. The molecular formula is C31H29N3O12. The van der Waals surface area contributed by atoms with E-state index in [0.29, 0.717) is 5.56 Å². The van der Waals surface area contributed by atoms with Crippen LogP contribution in [0.4, 0.5) is 0 Å². The minimum Gasteiger partial charge on any atom is -0.508 e. The monoisotopic (exact) mass is 635 g/mol. The first kappa shape index (κ1) is 30.7. The van der Waals surface area contributed by atoms with E-state index in [4.69, 9.17) is 23.5 Å². The van der Waals surface area contributed by atoms with Gasteiger partial charge in [-0.3, -0.25) is 10.1 Å². The fourth-order valence-corrected chi connectivity index (χ4v) is 5.12. The summed E-state index contributed by atoms with van der Waals surface area (Å²) in [5.41, 5.74) is 1.43. The molecule has 0 spiro atoms. The molecule has 0 radical (unpaired) electrons. The summed E-state index contributed by atoms with van der Waals surface area (Å²) in [4.78, 5) is 45.8. The molecule has 0 aliphatic carbocycles. The van der Waals surface area contributed by atoms with E-state index in [2.05, 4.69) is 10.3 Å². The maximum Gasteiger partial charge on any atom is 0.334 e. The lowest BCUT2D eigenvalue weighted by Gasteiger charge is -2.41. The summed E-state index contributed by atoms with van der Waals surface area (Å²) in [5, 5.41) is 44.2. The molecule has 6 N–H and O–H groups in total. The number of aromatic amines is 1. The highest BCUT2D eigenvalue weighted by molar-refractivity contribution is 5.98. The molecule has 0 saturated carbocycles. The van der Waals surface area contributed by atoms with E-state index in [1.807, 2.05) is 6.07 Å². The molecular weight excluding hydrogens is 606 g/mol. The quantitative estimate of drug-likeness (QED) is 0.0934. The van der Waals surface area contributed by atoms with Crippen LogP contribution in [0.1, 0.15) is 0 Å². The summed E-state index contributed by atoms with van der Waals surface area (Å²) in [6.45, 7) is -0.617. The molecule has 1 saturated heterocycles. The van der Waals surface area contributed by atoms with Gasteiger partial charge in [-0.15, -0.1) is 0 Å². The lowest BCUT2D eigenvalue weighted by atomic mass is 9.99. The van der Waals surface area contributed by atoms with Crippen molar-refractivity contribution in [1.29, 1.82) is 0 Å². The number of aliphatic hydroxyl groups is 2. The van der Waals surface area contributed by atoms with E-state index in [-0.39, 0.29) is 33.5 Å². The molecule has 6 atom stereocenters. The number of aromatic nitrogens is 2. The predicted molar refractivity (Wildman–Crippen MR) is 159 cm³/mol. The van der Waals surface area contributed by atoms with Gasteiger partial charge in [0.25, 0.3) is 0 Å². The maximum atomic E-state index is 13.2. The number of ether oxygens (including phenoxy) is 3. The number of fused-ring (bicyclic) bond motifs is 2. The molecule has 0 bridgehead atoms. The third kappa shape index (κ3) is 5.99. The largest absolute Gasteiger partial charge is 0.508 e. The normalized spacial score (nSPS) is 22.0. The Morgan fingerprint density at radius 2 is 1.87 bits per heavy atom. The molecule has 15 nitrogen and oxygen atoms in total. The van der Waals surface area contributed by atoms with Crippen molar-refractivity contribution >= 4 is 33.8 Å². The Bertz CT molecular complexity index is 1900. The number of hydrogen-bond acceptors (Lipinski definition) is 12. The number of aliphatic hydroxyl groups excluding tert-OH is 2. The number of phenolic OH excluding ortho intramolecular Hbond substituents is 1. The van der Waals surface area contributed by atoms with Gasteiger partial charge in [-0.1, -0.05) is 12.1 Å². The average Bonchev–Trinajstić information content (AvgIpc) is 3.63. The Morgan fingerprint density at radius 3 is 2.59 bits per heavy atom. The van der Waals surface area contributed by atoms with Crippen molar-refractivity contribution < 1.29 is 53.5 Å². The van der Waals surface area contributed by atoms with E-state index in [9.17, 15) is 34.8 Å². The number of carboxylic acid groups (broad SMARTS) is 1. The maximum absolute atomic E-state index is 13.2. The van der Waals surface area contributed by atoms with Gasteiger partial charge in [0.1, 0.15) is 48.3 Å². The fraction of sp³-hybridized carbons (Fsp3) is 0.258. The van der Waals surface area contributed by atoms with Gasteiger partial charge in [0.2, 0.25) is 18.4 Å². The van der Waals surface area contributed by atoms with Gasteiger partial charge < -0.3 is 48.9 Å². The highest BCUT2D eigenvalue weighted by Gasteiger charge is 2.49. The number of hydrogen-bond donors (Lipinski definition) is 6. The van der Waals surface area contributed by atoms with E-state index in [1.165, 1.54) is 48.4 Å². The third-order valence-electron chi connectivity index (χ3n) is 7.56. The number of nitrogens with one attached hydrogen (secondary N) is 2. The molecule has 46 heavy (non-hydrogen) atoms. The molecule has 1 fully saturated rings. The minimum absolute atomic E-state index is 0.0535. The molecule has 3 aromatic heterocycles. The second-order valence-electron chi connectivity index (χ2n) is 10.6. The summed E-state index contributed by atoms with van der Waals surface area (Å²) in [5.74, 6) is -2.40. The number of carboxylic acids is 1. The van der Waals surface area contributed by atoms with Crippen LogP contribution < -0.4 is 20.3 Å². The first-order chi connectivity index (χ1) is 22.1. The zero-order valence-electron chi connectivity index (χ0n) is 24.1. The van der Waals surface area contributed by atoms with Crippen LogP contribution in [0.5, 0.6) is 11.5 Å². The van der Waals surface area contributed by atoms with Gasteiger partial charge in [0.15, 0.2) is 5.43 Å². The van der Waals surface area contributed by atoms with Gasteiger partial charge >= 0.3 is 11.9 Å². The highest BCUT2D eigenvalue weighted by atomic mass is 16.7. The van der Waals surface area contributed by atoms with Crippen molar-refractivity contribution in [1.82, 2.24) is 15.0 Å². The van der Waals surface area contributed by atoms with Crippen molar-refractivity contribution in [2.24, 2.45) is 0 Å². The lowest BCUT2D eigenvalue weighted by Crippen LogP contribution is -2.63. The van der Waals surface area contributed by atoms with Crippen LogP contribution in [-0.4, -0.2) is 92.5 Å². The number of phenols is 1. The van der Waals surface area contributed by atoms with Gasteiger partial charge in [0.05, 0.1) is 28.9 Å². The molecule has 4 heterocycles. The first-order valence-electron chi connectivity index (χ1n) is 14.0. The molecule has 1 aliphatic heterocycles. The number of rotatable bonds is 10. The Kier molecular flexibility index (Phi) is 8.38. The Hall–Kier alpha value is -5.35. The van der Waals surface area contributed by atoms with Crippen molar-refractivity contribution in [3.8, 4) is 22.6 Å². The van der Waals surface area contributed by atoms with Crippen LogP contribution in [0.15, 0.2) is 82.6 Å². The van der Waals surface area contributed by atoms with E-state index < -0.39 is 55.3 Å². The number of likely N-dealkylation sites (N-methyl/N-ethyl adjacent to an activating group) is 1.